The largest absolute Gasteiger partial charge is 0.496 e. The van der Waals surface area contributed by atoms with Gasteiger partial charge in [-0.2, -0.15) is 5.10 Å². The second kappa shape index (κ2) is 9.92. The van der Waals surface area contributed by atoms with Crippen molar-refractivity contribution in [3.8, 4) is 11.5 Å². The smallest absolute Gasteiger partial charge is 0.130 e. The average Bonchev–Trinajstić information content (AvgIpc) is 3.54. The summed E-state index contributed by atoms with van der Waals surface area (Å²) < 4.78 is 11.4. The molecule has 0 spiro atoms. The first-order valence-electron chi connectivity index (χ1n) is 11.0. The van der Waals surface area contributed by atoms with Crippen LogP contribution in [0.5, 0.6) is 11.5 Å². The van der Waals surface area contributed by atoms with Crippen molar-refractivity contribution in [1.29, 1.82) is 0 Å². The first-order chi connectivity index (χ1) is 16.8. The second-order valence-corrected chi connectivity index (χ2v) is 7.75. The van der Waals surface area contributed by atoms with Crippen molar-refractivity contribution < 1.29 is 9.47 Å². The lowest BCUT2D eigenvalue weighted by atomic mass is 10.1. The van der Waals surface area contributed by atoms with E-state index in [9.17, 15) is 0 Å². The molecule has 0 radical (unpaired) electrons. The Hall–Kier alpha value is -4.58. The molecule has 34 heavy (non-hydrogen) atoms. The topological polar surface area (TPSA) is 75.8 Å². The number of pyridine rings is 1. The SMILES string of the molecule is COc1ccc(OCc2ccccn2)cc1/C=C/c1cc(/C=C/c2ccc3[nH]ccc3c2)n[nH]1. The summed E-state index contributed by atoms with van der Waals surface area (Å²) in [5.74, 6) is 1.51. The normalized spacial score (nSPS) is 11.6. The zero-order valence-electron chi connectivity index (χ0n) is 18.7. The van der Waals surface area contributed by atoms with Crippen LogP contribution in [-0.4, -0.2) is 27.3 Å². The van der Waals surface area contributed by atoms with Crippen LogP contribution in [0.4, 0.5) is 0 Å². The molecule has 5 aromatic rings. The van der Waals surface area contributed by atoms with E-state index in [0.29, 0.717) is 6.61 Å². The Balaban J connectivity index is 1.27. The summed E-state index contributed by atoms with van der Waals surface area (Å²) in [6.07, 6.45) is 11.7. The summed E-state index contributed by atoms with van der Waals surface area (Å²) in [5, 5.41) is 8.64. The Morgan fingerprint density at radius 3 is 2.76 bits per heavy atom. The number of hydrogen-bond acceptors (Lipinski definition) is 4. The number of aromatic nitrogens is 4. The summed E-state index contributed by atoms with van der Waals surface area (Å²) in [5.41, 5.74) is 5.79. The summed E-state index contributed by atoms with van der Waals surface area (Å²) in [6, 6.07) is 21.9. The number of fused-ring (bicyclic) bond motifs is 1. The molecule has 0 fully saturated rings. The highest BCUT2D eigenvalue weighted by Crippen LogP contribution is 2.26. The van der Waals surface area contributed by atoms with Crippen LogP contribution < -0.4 is 9.47 Å². The number of aromatic amines is 2. The molecule has 0 atom stereocenters. The maximum atomic E-state index is 5.90. The fraction of sp³-hybridized carbons (Fsp3) is 0.0714. The molecular formula is C28H24N4O2. The Kier molecular flexibility index (Phi) is 6.21. The number of nitrogens with zero attached hydrogens (tertiary/aromatic N) is 2. The molecule has 0 bridgehead atoms. The quantitative estimate of drug-likeness (QED) is 0.296. The van der Waals surface area contributed by atoms with Crippen LogP contribution in [0.3, 0.4) is 0 Å². The number of hydrogen-bond donors (Lipinski definition) is 2. The molecule has 0 amide bonds. The minimum absolute atomic E-state index is 0.406. The van der Waals surface area contributed by atoms with Crippen molar-refractivity contribution in [1.82, 2.24) is 20.2 Å². The second-order valence-electron chi connectivity index (χ2n) is 7.75. The van der Waals surface area contributed by atoms with E-state index in [1.807, 2.05) is 66.9 Å². The van der Waals surface area contributed by atoms with E-state index in [2.05, 4.69) is 50.5 Å². The molecule has 0 saturated carbocycles. The molecule has 0 aliphatic carbocycles. The van der Waals surface area contributed by atoms with E-state index < -0.39 is 0 Å². The van der Waals surface area contributed by atoms with Gasteiger partial charge in [0, 0.05) is 23.5 Å². The standard InChI is InChI=1S/C28H24N4O2/c1-33-28-12-10-26(34-19-25-4-2-3-14-29-25)17-22(28)7-9-24-18-23(31-32-24)8-5-20-6-11-27-21(16-20)13-15-30-27/h2-18,30H,19H2,1H3,(H,31,32)/b8-5+,9-7+. The maximum absolute atomic E-state index is 5.90. The Bertz CT molecular complexity index is 1450. The Morgan fingerprint density at radius 2 is 1.88 bits per heavy atom. The van der Waals surface area contributed by atoms with Crippen LogP contribution in [0.2, 0.25) is 0 Å². The van der Waals surface area contributed by atoms with Gasteiger partial charge in [-0.25, -0.2) is 0 Å². The lowest BCUT2D eigenvalue weighted by molar-refractivity contribution is 0.300. The summed E-state index contributed by atoms with van der Waals surface area (Å²) in [6.45, 7) is 0.406. The Morgan fingerprint density at radius 1 is 0.912 bits per heavy atom. The maximum Gasteiger partial charge on any atom is 0.130 e. The highest BCUT2D eigenvalue weighted by molar-refractivity contribution is 5.83. The molecule has 6 nitrogen and oxygen atoms in total. The molecule has 168 valence electrons. The van der Waals surface area contributed by atoms with E-state index in [-0.39, 0.29) is 0 Å². The molecule has 0 saturated heterocycles. The number of benzene rings is 2. The summed E-state index contributed by atoms with van der Waals surface area (Å²) >= 11 is 0. The van der Waals surface area contributed by atoms with E-state index in [4.69, 9.17) is 9.47 Å². The lowest BCUT2D eigenvalue weighted by Crippen LogP contribution is -1.98. The third kappa shape index (κ3) is 5.07. The molecule has 6 heteroatoms. The van der Waals surface area contributed by atoms with Crippen molar-refractivity contribution in [2.45, 2.75) is 6.61 Å². The van der Waals surface area contributed by atoms with Crippen molar-refractivity contribution in [2.75, 3.05) is 7.11 Å². The van der Waals surface area contributed by atoms with Gasteiger partial charge in [0.1, 0.15) is 18.1 Å². The van der Waals surface area contributed by atoms with E-state index in [1.165, 1.54) is 5.39 Å². The zero-order chi connectivity index (χ0) is 23.2. The minimum atomic E-state index is 0.406. The fourth-order valence-corrected chi connectivity index (χ4v) is 3.63. The van der Waals surface area contributed by atoms with Crippen LogP contribution in [0, 0.1) is 0 Å². The monoisotopic (exact) mass is 448 g/mol. The molecule has 2 N–H and O–H groups in total. The number of nitrogens with one attached hydrogen (secondary N) is 2. The van der Waals surface area contributed by atoms with E-state index in [1.54, 1.807) is 13.3 Å². The Labute approximate surface area is 197 Å². The molecule has 0 aliphatic heterocycles. The molecular weight excluding hydrogens is 424 g/mol. The van der Waals surface area contributed by atoms with Gasteiger partial charge in [0.2, 0.25) is 0 Å². The van der Waals surface area contributed by atoms with Crippen LogP contribution in [0.15, 0.2) is 79.1 Å². The molecule has 0 unspecified atom stereocenters. The van der Waals surface area contributed by atoms with Gasteiger partial charge in [-0.3, -0.25) is 10.1 Å². The highest BCUT2D eigenvalue weighted by Gasteiger charge is 2.04. The van der Waals surface area contributed by atoms with Gasteiger partial charge >= 0.3 is 0 Å². The molecule has 2 aromatic carbocycles. The highest BCUT2D eigenvalue weighted by atomic mass is 16.5. The first kappa shape index (κ1) is 21.3. The zero-order valence-corrected chi connectivity index (χ0v) is 18.7. The van der Waals surface area contributed by atoms with Crippen LogP contribution in [-0.2, 0) is 6.61 Å². The molecule has 3 heterocycles. The predicted octanol–water partition coefficient (Wildman–Crippen LogP) is 6.21. The van der Waals surface area contributed by atoms with E-state index >= 15 is 0 Å². The van der Waals surface area contributed by atoms with Gasteiger partial charge in [-0.05, 0) is 83.8 Å². The summed E-state index contributed by atoms with van der Waals surface area (Å²) in [4.78, 5) is 7.50. The summed E-state index contributed by atoms with van der Waals surface area (Å²) in [7, 11) is 1.66. The van der Waals surface area contributed by atoms with Gasteiger partial charge in [0.15, 0.2) is 0 Å². The molecule has 3 aromatic heterocycles. The first-order valence-corrected chi connectivity index (χ1v) is 11.0. The van der Waals surface area contributed by atoms with Crippen LogP contribution >= 0.6 is 0 Å². The predicted molar refractivity (Wildman–Crippen MR) is 136 cm³/mol. The number of rotatable bonds is 8. The van der Waals surface area contributed by atoms with Gasteiger partial charge in [0.25, 0.3) is 0 Å². The van der Waals surface area contributed by atoms with Gasteiger partial charge in [-0.1, -0.05) is 18.2 Å². The van der Waals surface area contributed by atoms with Crippen molar-refractivity contribution in [3.05, 3.63) is 107 Å². The fourth-order valence-electron chi connectivity index (χ4n) is 3.63. The molecule has 0 aliphatic rings. The number of ether oxygens (including phenoxy) is 2. The van der Waals surface area contributed by atoms with Gasteiger partial charge < -0.3 is 14.5 Å². The van der Waals surface area contributed by atoms with Crippen molar-refractivity contribution in [3.63, 3.8) is 0 Å². The lowest BCUT2D eigenvalue weighted by Gasteiger charge is -2.09. The van der Waals surface area contributed by atoms with Gasteiger partial charge in [-0.15, -0.1) is 0 Å². The van der Waals surface area contributed by atoms with E-state index in [0.717, 1.165) is 45.2 Å². The third-order valence-corrected chi connectivity index (χ3v) is 5.40. The van der Waals surface area contributed by atoms with Crippen molar-refractivity contribution in [2.24, 2.45) is 0 Å². The van der Waals surface area contributed by atoms with Crippen LogP contribution in [0.25, 0.3) is 35.2 Å². The minimum Gasteiger partial charge on any atom is -0.496 e. The average molecular weight is 449 g/mol. The van der Waals surface area contributed by atoms with Gasteiger partial charge in [0.05, 0.1) is 24.2 Å². The van der Waals surface area contributed by atoms with Crippen LogP contribution in [0.1, 0.15) is 28.2 Å². The third-order valence-electron chi connectivity index (χ3n) is 5.40. The molecule has 5 rings (SSSR count). The van der Waals surface area contributed by atoms with Crippen molar-refractivity contribution >= 4 is 35.2 Å². The number of methoxy groups -OCH3 is 1. The number of H-pyrrole nitrogens is 2.